The summed E-state index contributed by atoms with van der Waals surface area (Å²) < 4.78 is 13.3. The summed E-state index contributed by atoms with van der Waals surface area (Å²) >= 11 is 3.49. The Labute approximate surface area is 181 Å². The average Bonchev–Trinajstić information content (AvgIpc) is 3.29. The van der Waals surface area contributed by atoms with Crippen molar-refractivity contribution in [3.63, 3.8) is 0 Å². The molecule has 0 unspecified atom stereocenters. The molecule has 4 heterocycles. The van der Waals surface area contributed by atoms with Crippen LogP contribution in [0, 0.1) is 0 Å². The molecule has 8 nitrogen and oxygen atoms in total. The number of pyridine rings is 1. The van der Waals surface area contributed by atoms with Crippen LogP contribution in [0.5, 0.6) is 5.75 Å². The number of morpholine rings is 1. The molecular formula is C21H19BrN6O2. The van der Waals surface area contributed by atoms with Crippen molar-refractivity contribution in [2.24, 2.45) is 0 Å². The maximum atomic E-state index is 5.50. The van der Waals surface area contributed by atoms with Crippen molar-refractivity contribution >= 4 is 32.8 Å². The smallest absolute Gasteiger partial charge is 0.253 e. The minimum Gasteiger partial charge on any atom is -0.497 e. The number of methoxy groups -OCH3 is 1. The Bertz CT molecular complexity index is 1190. The van der Waals surface area contributed by atoms with Crippen LogP contribution in [0.4, 0.5) is 5.82 Å². The van der Waals surface area contributed by atoms with Gasteiger partial charge in [0.25, 0.3) is 5.95 Å². The Morgan fingerprint density at radius 2 is 1.87 bits per heavy atom. The number of aromatic nitrogens is 5. The summed E-state index contributed by atoms with van der Waals surface area (Å²) in [4.78, 5) is 16.3. The SMILES string of the molecule is COc1ccc(-c2ccn(-c3nc(N4CCOCC4)c4ncc(Br)cc4n3)n2)cc1. The topological polar surface area (TPSA) is 78.2 Å². The van der Waals surface area contributed by atoms with E-state index in [0.29, 0.717) is 19.2 Å². The number of rotatable bonds is 4. The molecule has 0 atom stereocenters. The predicted molar refractivity (Wildman–Crippen MR) is 117 cm³/mol. The Morgan fingerprint density at radius 3 is 2.63 bits per heavy atom. The van der Waals surface area contributed by atoms with Crippen molar-refractivity contribution in [1.29, 1.82) is 0 Å². The van der Waals surface area contributed by atoms with Gasteiger partial charge in [-0.25, -0.2) is 14.6 Å². The van der Waals surface area contributed by atoms with Gasteiger partial charge in [0.15, 0.2) is 5.82 Å². The second-order valence-corrected chi connectivity index (χ2v) is 7.76. The van der Waals surface area contributed by atoms with Gasteiger partial charge in [0.1, 0.15) is 11.3 Å². The van der Waals surface area contributed by atoms with Crippen LogP contribution >= 0.6 is 15.9 Å². The van der Waals surface area contributed by atoms with Gasteiger partial charge in [-0.05, 0) is 52.3 Å². The number of hydrogen-bond donors (Lipinski definition) is 0. The van der Waals surface area contributed by atoms with E-state index in [2.05, 4.69) is 25.8 Å². The number of anilines is 1. The Hall–Kier alpha value is -3.04. The molecule has 0 saturated carbocycles. The highest BCUT2D eigenvalue weighted by Gasteiger charge is 2.19. The monoisotopic (exact) mass is 466 g/mol. The van der Waals surface area contributed by atoms with Gasteiger partial charge in [-0.3, -0.25) is 0 Å². The van der Waals surface area contributed by atoms with Gasteiger partial charge in [0, 0.05) is 35.5 Å². The quantitative estimate of drug-likeness (QED) is 0.455. The van der Waals surface area contributed by atoms with Crippen molar-refractivity contribution < 1.29 is 9.47 Å². The summed E-state index contributed by atoms with van der Waals surface area (Å²) in [5.41, 5.74) is 3.36. The van der Waals surface area contributed by atoms with E-state index in [1.807, 2.05) is 42.6 Å². The first-order valence-electron chi connectivity index (χ1n) is 9.58. The molecule has 0 aliphatic carbocycles. The van der Waals surface area contributed by atoms with Crippen LogP contribution in [0.25, 0.3) is 28.2 Å². The van der Waals surface area contributed by atoms with Crippen LogP contribution in [0.15, 0.2) is 53.3 Å². The van der Waals surface area contributed by atoms with Gasteiger partial charge >= 0.3 is 0 Å². The summed E-state index contributed by atoms with van der Waals surface area (Å²) in [5, 5.41) is 4.70. The van der Waals surface area contributed by atoms with Crippen molar-refractivity contribution in [2.45, 2.75) is 0 Å². The summed E-state index contributed by atoms with van der Waals surface area (Å²) in [7, 11) is 1.65. The number of fused-ring (bicyclic) bond motifs is 1. The second kappa shape index (κ2) is 8.00. The molecule has 1 fully saturated rings. The van der Waals surface area contributed by atoms with E-state index in [0.717, 1.165) is 51.4 Å². The maximum absolute atomic E-state index is 5.50. The van der Waals surface area contributed by atoms with E-state index in [-0.39, 0.29) is 0 Å². The molecule has 0 amide bonds. The lowest BCUT2D eigenvalue weighted by Gasteiger charge is -2.28. The highest BCUT2D eigenvalue weighted by molar-refractivity contribution is 9.10. The van der Waals surface area contributed by atoms with Crippen LogP contribution in [0.3, 0.4) is 0 Å². The first kappa shape index (κ1) is 19.0. The van der Waals surface area contributed by atoms with Crippen LogP contribution in [0.1, 0.15) is 0 Å². The molecule has 1 aliphatic heterocycles. The Morgan fingerprint density at radius 1 is 1.07 bits per heavy atom. The molecule has 0 radical (unpaired) electrons. The summed E-state index contributed by atoms with van der Waals surface area (Å²) in [6.07, 6.45) is 3.64. The predicted octanol–water partition coefficient (Wildman–Crippen LogP) is 3.49. The average molecular weight is 467 g/mol. The fourth-order valence-corrected chi connectivity index (χ4v) is 3.73. The number of nitrogens with zero attached hydrogens (tertiary/aromatic N) is 6. The maximum Gasteiger partial charge on any atom is 0.253 e. The number of halogens is 1. The molecular weight excluding hydrogens is 448 g/mol. The van der Waals surface area contributed by atoms with Gasteiger partial charge in [-0.1, -0.05) is 0 Å². The fraction of sp³-hybridized carbons (Fsp3) is 0.238. The number of benzene rings is 1. The molecule has 0 bridgehead atoms. The van der Waals surface area contributed by atoms with Gasteiger partial charge < -0.3 is 14.4 Å². The highest BCUT2D eigenvalue weighted by Crippen LogP contribution is 2.27. The van der Waals surface area contributed by atoms with Crippen LogP contribution in [-0.4, -0.2) is 58.1 Å². The van der Waals surface area contributed by atoms with Crippen LogP contribution < -0.4 is 9.64 Å². The molecule has 1 aliphatic rings. The molecule has 5 rings (SSSR count). The van der Waals surface area contributed by atoms with Crippen molar-refractivity contribution in [2.75, 3.05) is 38.3 Å². The number of ether oxygens (including phenoxy) is 2. The molecule has 9 heteroatoms. The van der Waals surface area contributed by atoms with Crippen molar-refractivity contribution in [3.8, 4) is 23.0 Å². The fourth-order valence-electron chi connectivity index (χ4n) is 3.42. The summed E-state index contributed by atoms with van der Waals surface area (Å²) in [6, 6.07) is 11.7. The summed E-state index contributed by atoms with van der Waals surface area (Å²) in [6.45, 7) is 2.86. The van der Waals surface area contributed by atoms with E-state index in [1.54, 1.807) is 18.0 Å². The minimum absolute atomic E-state index is 0.503. The molecule has 1 saturated heterocycles. The van der Waals surface area contributed by atoms with E-state index >= 15 is 0 Å². The second-order valence-electron chi connectivity index (χ2n) is 6.84. The lowest BCUT2D eigenvalue weighted by Crippen LogP contribution is -2.37. The molecule has 152 valence electrons. The van der Waals surface area contributed by atoms with Crippen molar-refractivity contribution in [1.82, 2.24) is 24.7 Å². The van der Waals surface area contributed by atoms with Gasteiger partial charge in [-0.2, -0.15) is 10.1 Å². The van der Waals surface area contributed by atoms with E-state index in [4.69, 9.17) is 24.5 Å². The molecule has 1 aromatic carbocycles. The minimum atomic E-state index is 0.503. The molecule has 0 spiro atoms. The first-order chi connectivity index (χ1) is 14.7. The van der Waals surface area contributed by atoms with Gasteiger partial charge in [0.05, 0.1) is 31.5 Å². The van der Waals surface area contributed by atoms with E-state index in [9.17, 15) is 0 Å². The largest absolute Gasteiger partial charge is 0.497 e. The zero-order valence-corrected chi connectivity index (χ0v) is 17.9. The van der Waals surface area contributed by atoms with Crippen LogP contribution in [-0.2, 0) is 4.74 Å². The van der Waals surface area contributed by atoms with Crippen molar-refractivity contribution in [3.05, 3.63) is 53.3 Å². The van der Waals surface area contributed by atoms with E-state index in [1.165, 1.54) is 0 Å². The standard InChI is InChI=1S/C21H19BrN6O2/c1-29-16-4-2-14(3-5-16)17-6-7-28(26-17)21-24-18-12-15(22)13-23-19(18)20(25-21)27-8-10-30-11-9-27/h2-7,12-13H,8-11H2,1H3. The van der Waals surface area contributed by atoms with Gasteiger partial charge in [0.2, 0.25) is 0 Å². The Kier molecular flexibility index (Phi) is 5.06. The molecule has 30 heavy (non-hydrogen) atoms. The lowest BCUT2D eigenvalue weighted by molar-refractivity contribution is 0.122. The highest BCUT2D eigenvalue weighted by atomic mass is 79.9. The lowest BCUT2D eigenvalue weighted by atomic mass is 10.1. The molecule has 4 aromatic rings. The summed E-state index contributed by atoms with van der Waals surface area (Å²) in [5.74, 6) is 2.11. The molecule has 0 N–H and O–H groups in total. The van der Waals surface area contributed by atoms with Gasteiger partial charge in [-0.15, -0.1) is 0 Å². The normalized spacial score (nSPS) is 14.3. The van der Waals surface area contributed by atoms with E-state index < -0.39 is 0 Å². The van der Waals surface area contributed by atoms with Crippen LogP contribution in [0.2, 0.25) is 0 Å². The number of hydrogen-bond acceptors (Lipinski definition) is 7. The third-order valence-electron chi connectivity index (χ3n) is 4.96. The first-order valence-corrected chi connectivity index (χ1v) is 10.4. The molecule has 3 aromatic heterocycles. The Balaban J connectivity index is 1.57. The zero-order valence-electron chi connectivity index (χ0n) is 16.3. The third-order valence-corrected chi connectivity index (χ3v) is 5.40. The third kappa shape index (κ3) is 3.61. The zero-order chi connectivity index (χ0) is 20.5.